The second-order valence-electron chi connectivity index (χ2n) is 5.44. The zero-order chi connectivity index (χ0) is 16.6. The fraction of sp³-hybridized carbons (Fsp3) is 0.412. The molecule has 0 aliphatic carbocycles. The molecule has 0 unspecified atom stereocenters. The van der Waals surface area contributed by atoms with Crippen LogP contribution in [0, 0.1) is 0 Å². The minimum atomic E-state index is 0. The van der Waals surface area contributed by atoms with Crippen LogP contribution in [0.25, 0.3) is 0 Å². The Labute approximate surface area is 169 Å². The predicted octanol–water partition coefficient (Wildman–Crippen LogP) is 2.46. The van der Waals surface area contributed by atoms with Crippen molar-refractivity contribution in [2.75, 3.05) is 38.3 Å². The third kappa shape index (κ3) is 5.82. The minimum absolute atomic E-state index is 0. The summed E-state index contributed by atoms with van der Waals surface area (Å²) < 4.78 is 5.43. The summed E-state index contributed by atoms with van der Waals surface area (Å²) in [4.78, 5) is 12.4. The number of nitrogens with zero attached hydrogens (tertiary/aromatic N) is 3. The summed E-state index contributed by atoms with van der Waals surface area (Å²) in [5.41, 5.74) is 1.17. The van der Waals surface area contributed by atoms with Gasteiger partial charge in [0.2, 0.25) is 0 Å². The summed E-state index contributed by atoms with van der Waals surface area (Å²) >= 11 is 1.74. The van der Waals surface area contributed by atoms with Gasteiger partial charge in [-0.3, -0.25) is 4.99 Å². The lowest BCUT2D eigenvalue weighted by Gasteiger charge is -2.29. The number of aliphatic imine (C=N–C) groups is 1. The molecule has 3 heterocycles. The van der Waals surface area contributed by atoms with Gasteiger partial charge in [0.05, 0.1) is 19.8 Å². The van der Waals surface area contributed by atoms with Gasteiger partial charge in [0.15, 0.2) is 5.96 Å². The topological polar surface area (TPSA) is 61.8 Å². The number of halogens is 1. The van der Waals surface area contributed by atoms with Gasteiger partial charge in [0.1, 0.15) is 5.82 Å². The highest BCUT2D eigenvalue weighted by molar-refractivity contribution is 14.0. The molecule has 2 N–H and O–H groups in total. The van der Waals surface area contributed by atoms with Gasteiger partial charge in [-0.1, -0.05) is 12.1 Å². The number of rotatable bonds is 5. The van der Waals surface area contributed by atoms with Crippen LogP contribution in [0.15, 0.2) is 40.8 Å². The number of ether oxygens (including phenoxy) is 1. The van der Waals surface area contributed by atoms with Crippen molar-refractivity contribution in [1.82, 2.24) is 15.6 Å². The van der Waals surface area contributed by atoms with Crippen molar-refractivity contribution in [3.05, 3.63) is 46.3 Å². The number of nitrogens with one attached hydrogen (secondary N) is 2. The highest BCUT2D eigenvalue weighted by atomic mass is 127. The Morgan fingerprint density at radius 3 is 2.76 bits per heavy atom. The maximum absolute atomic E-state index is 5.43. The number of anilines is 1. The van der Waals surface area contributed by atoms with E-state index in [0.717, 1.165) is 44.6 Å². The van der Waals surface area contributed by atoms with Crippen LogP contribution in [0.4, 0.5) is 5.82 Å². The highest BCUT2D eigenvalue weighted by Gasteiger charge is 2.15. The standard InChI is InChI=1S/C17H23N5OS.HI/c1-18-17(21-13-15-5-3-11-24-15)20-12-14-4-2-6-19-16(14)22-7-9-23-10-8-22;/h2-6,11H,7-10,12-13H2,1H3,(H2,18,20,21);1H. The van der Waals surface area contributed by atoms with E-state index >= 15 is 0 Å². The number of hydrogen-bond acceptors (Lipinski definition) is 5. The van der Waals surface area contributed by atoms with Crippen molar-refractivity contribution in [1.29, 1.82) is 0 Å². The zero-order valence-electron chi connectivity index (χ0n) is 14.3. The zero-order valence-corrected chi connectivity index (χ0v) is 17.4. The molecule has 0 spiro atoms. The number of hydrogen-bond donors (Lipinski definition) is 2. The van der Waals surface area contributed by atoms with E-state index in [0.29, 0.717) is 6.54 Å². The van der Waals surface area contributed by atoms with E-state index < -0.39 is 0 Å². The third-order valence-electron chi connectivity index (χ3n) is 3.86. The molecule has 1 aliphatic heterocycles. The molecule has 6 nitrogen and oxygen atoms in total. The first kappa shape index (κ1) is 19.9. The van der Waals surface area contributed by atoms with Crippen LogP contribution in [0.1, 0.15) is 10.4 Å². The van der Waals surface area contributed by atoms with Gasteiger partial charge in [-0.2, -0.15) is 0 Å². The summed E-state index contributed by atoms with van der Waals surface area (Å²) in [6.07, 6.45) is 1.85. The average Bonchev–Trinajstić information content (AvgIpc) is 3.16. The first-order valence-corrected chi connectivity index (χ1v) is 8.98. The maximum Gasteiger partial charge on any atom is 0.191 e. The van der Waals surface area contributed by atoms with Crippen molar-refractivity contribution in [2.24, 2.45) is 4.99 Å². The SMILES string of the molecule is CN=C(NCc1cccs1)NCc1cccnc1N1CCOCC1.I. The van der Waals surface area contributed by atoms with Gasteiger partial charge in [0, 0.05) is 43.3 Å². The Kier molecular flexibility index (Phi) is 8.42. The molecule has 8 heteroatoms. The smallest absolute Gasteiger partial charge is 0.191 e. The van der Waals surface area contributed by atoms with E-state index in [1.54, 1.807) is 18.4 Å². The van der Waals surface area contributed by atoms with Crippen molar-refractivity contribution < 1.29 is 4.74 Å². The molecule has 0 bridgehead atoms. The Hall–Kier alpha value is -1.39. The fourth-order valence-electron chi connectivity index (χ4n) is 2.61. The van der Waals surface area contributed by atoms with E-state index in [1.807, 2.05) is 12.3 Å². The van der Waals surface area contributed by atoms with Crippen LogP contribution in [-0.2, 0) is 17.8 Å². The van der Waals surface area contributed by atoms with Crippen LogP contribution >= 0.6 is 35.3 Å². The first-order valence-electron chi connectivity index (χ1n) is 8.10. The fourth-order valence-corrected chi connectivity index (χ4v) is 3.26. The Balaban J connectivity index is 0.00000225. The summed E-state index contributed by atoms with van der Waals surface area (Å²) in [6, 6.07) is 8.25. The molecule has 0 atom stereocenters. The highest BCUT2D eigenvalue weighted by Crippen LogP contribution is 2.18. The second-order valence-corrected chi connectivity index (χ2v) is 6.48. The molecule has 0 amide bonds. The van der Waals surface area contributed by atoms with E-state index in [1.165, 1.54) is 10.4 Å². The molecule has 136 valence electrons. The monoisotopic (exact) mass is 473 g/mol. The predicted molar refractivity (Wildman–Crippen MR) is 114 cm³/mol. The average molecular weight is 473 g/mol. The molecule has 2 aromatic rings. The van der Waals surface area contributed by atoms with Crippen LogP contribution in [0.3, 0.4) is 0 Å². The Morgan fingerprint density at radius 2 is 2.04 bits per heavy atom. The molecule has 1 fully saturated rings. The molecule has 1 saturated heterocycles. The van der Waals surface area contributed by atoms with Gasteiger partial charge < -0.3 is 20.3 Å². The largest absolute Gasteiger partial charge is 0.378 e. The van der Waals surface area contributed by atoms with Crippen molar-refractivity contribution >= 4 is 47.1 Å². The number of pyridine rings is 1. The summed E-state index contributed by atoms with van der Waals surface area (Å²) in [6.45, 7) is 4.75. The normalized spacial score (nSPS) is 14.8. The molecule has 0 saturated carbocycles. The van der Waals surface area contributed by atoms with E-state index in [-0.39, 0.29) is 24.0 Å². The van der Waals surface area contributed by atoms with Crippen LogP contribution < -0.4 is 15.5 Å². The lowest BCUT2D eigenvalue weighted by atomic mass is 10.2. The van der Waals surface area contributed by atoms with Crippen molar-refractivity contribution in [3.63, 3.8) is 0 Å². The molecule has 2 aromatic heterocycles. The summed E-state index contributed by atoms with van der Waals surface area (Å²) in [5, 5.41) is 8.79. The lowest BCUT2D eigenvalue weighted by Crippen LogP contribution is -2.39. The Morgan fingerprint density at radius 1 is 1.24 bits per heavy atom. The molecular weight excluding hydrogens is 449 g/mol. The Bertz CT molecular complexity index is 659. The van der Waals surface area contributed by atoms with Gasteiger partial charge in [0.25, 0.3) is 0 Å². The third-order valence-corrected chi connectivity index (χ3v) is 4.73. The van der Waals surface area contributed by atoms with Gasteiger partial charge in [-0.15, -0.1) is 35.3 Å². The number of morpholine rings is 1. The van der Waals surface area contributed by atoms with Gasteiger partial charge >= 0.3 is 0 Å². The number of guanidine groups is 1. The van der Waals surface area contributed by atoms with Crippen LogP contribution in [-0.4, -0.2) is 44.3 Å². The van der Waals surface area contributed by atoms with Crippen molar-refractivity contribution in [3.8, 4) is 0 Å². The van der Waals surface area contributed by atoms with Gasteiger partial charge in [-0.05, 0) is 17.5 Å². The van der Waals surface area contributed by atoms with E-state index in [9.17, 15) is 0 Å². The first-order chi connectivity index (χ1) is 11.9. The minimum Gasteiger partial charge on any atom is -0.378 e. The number of aromatic nitrogens is 1. The summed E-state index contributed by atoms with van der Waals surface area (Å²) in [7, 11) is 1.79. The molecular formula is C17H24IN5OS. The van der Waals surface area contributed by atoms with Crippen LogP contribution in [0.5, 0.6) is 0 Å². The van der Waals surface area contributed by atoms with E-state index in [4.69, 9.17) is 4.74 Å². The van der Waals surface area contributed by atoms with Crippen molar-refractivity contribution in [2.45, 2.75) is 13.1 Å². The number of thiophene rings is 1. The molecule has 25 heavy (non-hydrogen) atoms. The molecule has 1 aliphatic rings. The van der Waals surface area contributed by atoms with Gasteiger partial charge in [-0.25, -0.2) is 4.98 Å². The molecule has 3 rings (SSSR count). The quantitative estimate of drug-likeness (QED) is 0.397. The maximum atomic E-state index is 5.43. The molecule has 0 aromatic carbocycles. The summed E-state index contributed by atoms with van der Waals surface area (Å²) in [5.74, 6) is 1.82. The van der Waals surface area contributed by atoms with E-state index in [2.05, 4.69) is 49.1 Å². The second kappa shape index (κ2) is 10.6. The van der Waals surface area contributed by atoms with Crippen LogP contribution in [0.2, 0.25) is 0 Å². The molecule has 0 radical (unpaired) electrons. The lowest BCUT2D eigenvalue weighted by molar-refractivity contribution is 0.122.